The predicted molar refractivity (Wildman–Crippen MR) is 75.0 cm³/mol. The van der Waals surface area contributed by atoms with Crippen molar-refractivity contribution in [1.29, 1.82) is 0 Å². The summed E-state index contributed by atoms with van der Waals surface area (Å²) in [6.45, 7) is 7.65. The molecule has 0 unspecified atom stereocenters. The molecule has 1 spiro atoms. The number of hydrogen-bond acceptors (Lipinski definition) is 7. The van der Waals surface area contributed by atoms with E-state index in [9.17, 15) is 5.11 Å². The van der Waals surface area contributed by atoms with E-state index in [4.69, 9.17) is 28.4 Å². The maximum absolute atomic E-state index is 9.57. The zero-order valence-electron chi connectivity index (χ0n) is 13.8. The average Bonchev–Trinajstić information content (AvgIpc) is 2.63. The van der Waals surface area contributed by atoms with Crippen molar-refractivity contribution < 1.29 is 33.5 Å². The maximum Gasteiger partial charge on any atom is 0.186 e. The van der Waals surface area contributed by atoms with Crippen LogP contribution in [0.25, 0.3) is 0 Å². The number of hydrogen-bond donors (Lipinski definition) is 1. The van der Waals surface area contributed by atoms with Crippen LogP contribution < -0.4 is 0 Å². The summed E-state index contributed by atoms with van der Waals surface area (Å²) in [7, 11) is 1.55. The molecule has 3 heterocycles. The number of rotatable bonds is 2. The molecule has 7 heteroatoms. The SMILES string of the molecule is CO[C@H]1O[C@H](CO)C[C@@]23OC(C)(C)O[C@@H]2COC(C)(C)O[C@@H]13. The summed E-state index contributed by atoms with van der Waals surface area (Å²) in [5.41, 5.74) is -0.774. The Morgan fingerprint density at radius 1 is 1.14 bits per heavy atom. The standard InChI is InChI=1S/C15H26O7/c1-13(2)18-8-10-15(22-14(3,4)20-10)6-9(7-16)19-12(17-5)11(15)21-13/h9-12,16H,6-8H2,1-5H3/t9-,10+,11-,12-,15+/m0/s1. The molecule has 5 atom stereocenters. The maximum atomic E-state index is 9.57. The number of aliphatic hydroxyl groups excluding tert-OH is 1. The smallest absolute Gasteiger partial charge is 0.186 e. The molecule has 0 saturated carbocycles. The molecule has 128 valence electrons. The van der Waals surface area contributed by atoms with Crippen LogP contribution in [0.5, 0.6) is 0 Å². The molecule has 3 saturated heterocycles. The topological polar surface area (TPSA) is 75.6 Å². The van der Waals surface area contributed by atoms with Crippen molar-refractivity contribution in [1.82, 2.24) is 0 Å². The molecule has 3 rings (SSSR count). The molecule has 22 heavy (non-hydrogen) atoms. The molecule has 0 aromatic rings. The van der Waals surface area contributed by atoms with Crippen LogP contribution in [0.3, 0.4) is 0 Å². The minimum Gasteiger partial charge on any atom is -0.394 e. The van der Waals surface area contributed by atoms with Gasteiger partial charge in [-0.25, -0.2) is 0 Å². The van der Waals surface area contributed by atoms with E-state index in [0.717, 1.165) is 0 Å². The summed E-state index contributed by atoms with van der Waals surface area (Å²) < 4.78 is 35.6. The van der Waals surface area contributed by atoms with Gasteiger partial charge in [-0.1, -0.05) is 0 Å². The molecular formula is C15H26O7. The van der Waals surface area contributed by atoms with Gasteiger partial charge in [0.2, 0.25) is 0 Å². The summed E-state index contributed by atoms with van der Waals surface area (Å²) in [4.78, 5) is 0. The molecule has 3 aliphatic rings. The summed E-state index contributed by atoms with van der Waals surface area (Å²) in [6.07, 6.45) is -1.42. The highest BCUT2D eigenvalue weighted by Crippen LogP contribution is 2.49. The van der Waals surface area contributed by atoms with Crippen LogP contribution in [-0.4, -0.2) is 67.2 Å². The summed E-state index contributed by atoms with van der Waals surface area (Å²) in [6, 6.07) is 0. The van der Waals surface area contributed by atoms with E-state index >= 15 is 0 Å². The second-order valence-electron chi connectivity index (χ2n) is 7.06. The summed E-state index contributed by atoms with van der Waals surface area (Å²) in [5.74, 6) is -1.56. The van der Waals surface area contributed by atoms with Crippen LogP contribution in [-0.2, 0) is 28.4 Å². The first kappa shape index (κ1) is 16.6. The molecule has 0 aromatic carbocycles. The lowest BCUT2D eigenvalue weighted by atomic mass is 9.82. The molecule has 3 fully saturated rings. The van der Waals surface area contributed by atoms with Crippen molar-refractivity contribution in [3.05, 3.63) is 0 Å². The largest absolute Gasteiger partial charge is 0.394 e. The number of ether oxygens (including phenoxy) is 6. The molecule has 0 aromatic heterocycles. The third-order valence-electron chi connectivity index (χ3n) is 4.44. The highest BCUT2D eigenvalue weighted by atomic mass is 16.8. The molecule has 0 bridgehead atoms. The fourth-order valence-electron chi connectivity index (χ4n) is 3.65. The lowest BCUT2D eigenvalue weighted by Gasteiger charge is -2.48. The first-order chi connectivity index (χ1) is 10.2. The highest BCUT2D eigenvalue weighted by Gasteiger charge is 2.65. The van der Waals surface area contributed by atoms with Gasteiger partial charge in [0.15, 0.2) is 17.9 Å². The normalized spacial score (nSPS) is 46.6. The van der Waals surface area contributed by atoms with Crippen molar-refractivity contribution >= 4 is 0 Å². The van der Waals surface area contributed by atoms with Crippen molar-refractivity contribution in [3.63, 3.8) is 0 Å². The van der Waals surface area contributed by atoms with Gasteiger partial charge in [-0.05, 0) is 27.7 Å². The van der Waals surface area contributed by atoms with Gasteiger partial charge in [-0.2, -0.15) is 0 Å². The molecule has 0 aliphatic carbocycles. The van der Waals surface area contributed by atoms with Gasteiger partial charge in [-0.3, -0.25) is 0 Å². The fraction of sp³-hybridized carbons (Fsp3) is 1.00. The van der Waals surface area contributed by atoms with E-state index in [0.29, 0.717) is 13.0 Å². The number of methoxy groups -OCH3 is 1. The quantitative estimate of drug-likeness (QED) is 0.806. The Morgan fingerprint density at radius 2 is 1.86 bits per heavy atom. The van der Waals surface area contributed by atoms with Crippen LogP contribution in [0.15, 0.2) is 0 Å². The van der Waals surface area contributed by atoms with E-state index in [2.05, 4.69) is 0 Å². The fourth-order valence-corrected chi connectivity index (χ4v) is 3.65. The zero-order chi connectivity index (χ0) is 16.2. The van der Waals surface area contributed by atoms with Gasteiger partial charge < -0.3 is 33.5 Å². The monoisotopic (exact) mass is 318 g/mol. The van der Waals surface area contributed by atoms with Gasteiger partial charge in [0.25, 0.3) is 0 Å². The average molecular weight is 318 g/mol. The summed E-state index contributed by atoms with van der Waals surface area (Å²) in [5, 5.41) is 9.57. The van der Waals surface area contributed by atoms with Crippen molar-refractivity contribution in [3.8, 4) is 0 Å². The molecule has 0 amide bonds. The second-order valence-corrected chi connectivity index (χ2v) is 7.06. The van der Waals surface area contributed by atoms with Crippen molar-refractivity contribution in [2.24, 2.45) is 0 Å². The van der Waals surface area contributed by atoms with E-state index in [1.54, 1.807) is 7.11 Å². The highest BCUT2D eigenvalue weighted by molar-refractivity contribution is 5.08. The van der Waals surface area contributed by atoms with Crippen LogP contribution in [0.4, 0.5) is 0 Å². The molecule has 3 aliphatic heterocycles. The van der Waals surface area contributed by atoms with Crippen LogP contribution in [0.2, 0.25) is 0 Å². The Hall–Kier alpha value is -0.280. The minimum atomic E-state index is -0.801. The van der Waals surface area contributed by atoms with E-state index < -0.39 is 35.7 Å². The third kappa shape index (κ3) is 2.69. The second kappa shape index (κ2) is 5.37. The first-order valence-corrected chi connectivity index (χ1v) is 7.70. The summed E-state index contributed by atoms with van der Waals surface area (Å²) >= 11 is 0. The van der Waals surface area contributed by atoms with Gasteiger partial charge in [0, 0.05) is 13.5 Å². The van der Waals surface area contributed by atoms with E-state index in [1.807, 2.05) is 27.7 Å². The van der Waals surface area contributed by atoms with Gasteiger partial charge in [0.1, 0.15) is 17.8 Å². The van der Waals surface area contributed by atoms with E-state index in [1.165, 1.54) is 0 Å². The Labute approximate surface area is 130 Å². The van der Waals surface area contributed by atoms with Crippen LogP contribution in [0, 0.1) is 0 Å². The first-order valence-electron chi connectivity index (χ1n) is 7.70. The van der Waals surface area contributed by atoms with Crippen LogP contribution in [0.1, 0.15) is 34.1 Å². The third-order valence-corrected chi connectivity index (χ3v) is 4.44. The number of aliphatic hydroxyl groups is 1. The zero-order valence-corrected chi connectivity index (χ0v) is 13.8. The van der Waals surface area contributed by atoms with E-state index in [-0.39, 0.29) is 12.7 Å². The lowest BCUT2D eigenvalue weighted by molar-refractivity contribution is -0.347. The molecular weight excluding hydrogens is 292 g/mol. The minimum absolute atomic E-state index is 0.116. The molecule has 7 nitrogen and oxygen atoms in total. The van der Waals surface area contributed by atoms with Gasteiger partial charge in [0.05, 0.1) is 19.3 Å². The lowest BCUT2D eigenvalue weighted by Crippen LogP contribution is -2.64. The Bertz CT molecular complexity index is 424. The Kier molecular flexibility index (Phi) is 4.05. The predicted octanol–water partition coefficient (Wildman–Crippen LogP) is 0.782. The molecule has 0 radical (unpaired) electrons. The Morgan fingerprint density at radius 3 is 2.50 bits per heavy atom. The van der Waals surface area contributed by atoms with Gasteiger partial charge >= 0.3 is 0 Å². The van der Waals surface area contributed by atoms with Crippen LogP contribution >= 0.6 is 0 Å². The molecule has 1 N–H and O–H groups in total. The van der Waals surface area contributed by atoms with Crippen molar-refractivity contribution in [2.45, 2.75) is 75.9 Å². The van der Waals surface area contributed by atoms with Gasteiger partial charge in [-0.15, -0.1) is 0 Å². The van der Waals surface area contributed by atoms with Crippen molar-refractivity contribution in [2.75, 3.05) is 20.3 Å². The Balaban J connectivity index is 2.01.